The topological polar surface area (TPSA) is 29.9 Å². The summed E-state index contributed by atoms with van der Waals surface area (Å²) < 4.78 is 30.3. The van der Waals surface area contributed by atoms with Crippen molar-refractivity contribution in [2.24, 2.45) is 0 Å². The Labute approximate surface area is 123 Å². The highest BCUT2D eigenvalue weighted by Crippen LogP contribution is 2.26. The van der Waals surface area contributed by atoms with Crippen LogP contribution in [0.4, 0.5) is 8.78 Å². The third-order valence-electron chi connectivity index (χ3n) is 3.93. The van der Waals surface area contributed by atoms with E-state index in [1.807, 2.05) is 6.92 Å². The summed E-state index contributed by atoms with van der Waals surface area (Å²) in [6.07, 6.45) is 5.40. The van der Waals surface area contributed by atoms with Gasteiger partial charge in [0.1, 0.15) is 5.69 Å². The molecule has 3 rings (SSSR count). The molecule has 0 unspecified atom stereocenters. The Morgan fingerprint density at radius 2 is 1.90 bits per heavy atom. The van der Waals surface area contributed by atoms with Crippen LogP contribution in [0.15, 0.2) is 18.5 Å². The van der Waals surface area contributed by atoms with Crippen LogP contribution in [0, 0.1) is 11.6 Å². The second-order valence-electron chi connectivity index (χ2n) is 5.40. The Kier molecular flexibility index (Phi) is 4.01. The molecule has 0 bridgehead atoms. The van der Waals surface area contributed by atoms with Gasteiger partial charge in [-0.05, 0) is 49.9 Å². The fraction of sp³-hybridized carbons (Fsp3) is 0.438. The van der Waals surface area contributed by atoms with E-state index in [-0.39, 0.29) is 5.69 Å². The number of aryl methyl sites for hydroxylation is 1. The lowest BCUT2D eigenvalue weighted by molar-refractivity contribution is 0.556. The smallest absolute Gasteiger partial charge is 0.150 e. The molecule has 1 aromatic carbocycles. The molecule has 0 aliphatic heterocycles. The highest BCUT2D eigenvalue weighted by Gasteiger charge is 2.20. The zero-order valence-corrected chi connectivity index (χ0v) is 12.1. The number of fused-ring (bicyclic) bond motifs is 1. The summed E-state index contributed by atoms with van der Waals surface area (Å²) in [6.45, 7) is 3.19. The van der Waals surface area contributed by atoms with Crippen molar-refractivity contribution in [3.63, 3.8) is 0 Å². The van der Waals surface area contributed by atoms with Crippen LogP contribution in [0.5, 0.6) is 0 Å². The zero-order chi connectivity index (χ0) is 14.8. The molecule has 0 amide bonds. The van der Waals surface area contributed by atoms with Crippen molar-refractivity contribution in [3.8, 4) is 5.69 Å². The summed E-state index contributed by atoms with van der Waals surface area (Å²) in [7, 11) is 0. The molecular weight excluding hydrogens is 272 g/mol. The van der Waals surface area contributed by atoms with E-state index in [2.05, 4.69) is 10.3 Å². The zero-order valence-electron chi connectivity index (χ0n) is 12.1. The van der Waals surface area contributed by atoms with Crippen molar-refractivity contribution in [1.29, 1.82) is 0 Å². The van der Waals surface area contributed by atoms with Gasteiger partial charge in [-0.2, -0.15) is 0 Å². The molecule has 2 aromatic rings. The Balaban J connectivity index is 2.00. The summed E-state index contributed by atoms with van der Waals surface area (Å²) >= 11 is 0. The molecule has 0 saturated carbocycles. The average molecular weight is 291 g/mol. The summed E-state index contributed by atoms with van der Waals surface area (Å²) in [5.74, 6) is -1.07. The molecule has 1 aliphatic rings. The maximum absolute atomic E-state index is 14.4. The van der Waals surface area contributed by atoms with E-state index in [1.165, 1.54) is 12.1 Å². The van der Waals surface area contributed by atoms with Crippen LogP contribution in [0.2, 0.25) is 0 Å². The first-order valence-electron chi connectivity index (χ1n) is 7.44. The highest BCUT2D eigenvalue weighted by atomic mass is 19.1. The molecule has 3 nitrogen and oxygen atoms in total. The molecule has 0 fully saturated rings. The number of rotatable bonds is 4. The van der Waals surface area contributed by atoms with Crippen LogP contribution in [0.3, 0.4) is 0 Å². The summed E-state index contributed by atoms with van der Waals surface area (Å²) in [6, 6.07) is 2.80. The van der Waals surface area contributed by atoms with Gasteiger partial charge in [-0.15, -0.1) is 0 Å². The molecule has 0 radical (unpaired) electrons. The van der Waals surface area contributed by atoms with Gasteiger partial charge >= 0.3 is 0 Å². The normalized spacial score (nSPS) is 14.2. The molecule has 0 spiro atoms. The van der Waals surface area contributed by atoms with E-state index in [0.29, 0.717) is 12.1 Å². The lowest BCUT2D eigenvalue weighted by Crippen LogP contribution is -2.14. The molecule has 112 valence electrons. The SMILES string of the molecule is CCNCc1cc(F)c(-n2cnc3c2CCCC3)c(F)c1. The van der Waals surface area contributed by atoms with Crippen molar-refractivity contribution >= 4 is 0 Å². The number of hydrogen-bond donors (Lipinski definition) is 1. The van der Waals surface area contributed by atoms with Crippen LogP contribution < -0.4 is 5.32 Å². The van der Waals surface area contributed by atoms with Gasteiger partial charge in [0.2, 0.25) is 0 Å². The maximum atomic E-state index is 14.4. The summed E-state index contributed by atoms with van der Waals surface area (Å²) in [5, 5.41) is 3.07. The minimum Gasteiger partial charge on any atom is -0.313 e. The average Bonchev–Trinajstić information content (AvgIpc) is 2.89. The van der Waals surface area contributed by atoms with Gasteiger partial charge in [0.25, 0.3) is 0 Å². The first-order chi connectivity index (χ1) is 10.2. The van der Waals surface area contributed by atoms with Crippen molar-refractivity contribution in [2.75, 3.05) is 6.54 Å². The molecule has 1 aromatic heterocycles. The Morgan fingerprint density at radius 3 is 2.62 bits per heavy atom. The molecular formula is C16H19F2N3. The fourth-order valence-corrected chi connectivity index (χ4v) is 2.88. The number of imidazole rings is 1. The van der Waals surface area contributed by atoms with E-state index >= 15 is 0 Å². The Morgan fingerprint density at radius 1 is 1.19 bits per heavy atom. The van der Waals surface area contributed by atoms with Crippen LogP contribution in [-0.4, -0.2) is 16.1 Å². The number of benzene rings is 1. The van der Waals surface area contributed by atoms with Crippen molar-refractivity contribution < 1.29 is 8.78 Å². The van der Waals surface area contributed by atoms with Crippen LogP contribution in [-0.2, 0) is 19.4 Å². The van der Waals surface area contributed by atoms with Crippen LogP contribution in [0.1, 0.15) is 36.7 Å². The van der Waals surface area contributed by atoms with E-state index in [4.69, 9.17) is 0 Å². The largest absolute Gasteiger partial charge is 0.313 e. The van der Waals surface area contributed by atoms with Gasteiger partial charge in [-0.1, -0.05) is 6.92 Å². The quantitative estimate of drug-likeness (QED) is 0.938. The second-order valence-corrected chi connectivity index (χ2v) is 5.40. The van der Waals surface area contributed by atoms with E-state index < -0.39 is 11.6 Å². The third kappa shape index (κ3) is 2.70. The third-order valence-corrected chi connectivity index (χ3v) is 3.93. The van der Waals surface area contributed by atoms with E-state index in [1.54, 1.807) is 10.9 Å². The molecule has 0 saturated heterocycles. The first kappa shape index (κ1) is 14.2. The lowest BCUT2D eigenvalue weighted by atomic mass is 10.0. The Bertz CT molecular complexity index is 626. The summed E-state index contributed by atoms with van der Waals surface area (Å²) in [4.78, 5) is 4.30. The van der Waals surface area contributed by atoms with Crippen molar-refractivity contribution in [2.45, 2.75) is 39.2 Å². The number of nitrogens with zero attached hydrogens (tertiary/aromatic N) is 2. The molecule has 1 heterocycles. The highest BCUT2D eigenvalue weighted by molar-refractivity contribution is 5.41. The van der Waals surface area contributed by atoms with E-state index in [9.17, 15) is 8.78 Å². The molecule has 5 heteroatoms. The first-order valence-corrected chi connectivity index (χ1v) is 7.44. The minimum atomic E-state index is -0.534. The fourth-order valence-electron chi connectivity index (χ4n) is 2.88. The van der Waals surface area contributed by atoms with Crippen molar-refractivity contribution in [1.82, 2.24) is 14.9 Å². The van der Waals surface area contributed by atoms with Crippen molar-refractivity contribution in [3.05, 3.63) is 47.0 Å². The number of aromatic nitrogens is 2. The monoisotopic (exact) mass is 291 g/mol. The lowest BCUT2D eigenvalue weighted by Gasteiger charge is -2.15. The van der Waals surface area contributed by atoms with Gasteiger partial charge in [-0.25, -0.2) is 13.8 Å². The van der Waals surface area contributed by atoms with Crippen LogP contribution in [0.25, 0.3) is 5.69 Å². The van der Waals surface area contributed by atoms with Gasteiger partial charge in [0.15, 0.2) is 11.6 Å². The number of halogens is 2. The van der Waals surface area contributed by atoms with Gasteiger partial charge in [-0.3, -0.25) is 4.57 Å². The molecule has 0 atom stereocenters. The Hall–Kier alpha value is -1.75. The second kappa shape index (κ2) is 5.93. The number of hydrogen-bond acceptors (Lipinski definition) is 2. The maximum Gasteiger partial charge on any atom is 0.150 e. The standard InChI is InChI=1S/C16H19F2N3/c1-2-19-9-11-7-12(17)16(13(18)8-11)21-10-20-14-5-3-4-6-15(14)21/h7-8,10,19H,2-6,9H2,1H3. The van der Waals surface area contributed by atoms with Gasteiger partial charge in [0.05, 0.1) is 12.0 Å². The minimum absolute atomic E-state index is 0.00843. The predicted molar refractivity (Wildman–Crippen MR) is 77.5 cm³/mol. The van der Waals surface area contributed by atoms with Gasteiger partial charge in [0, 0.05) is 12.2 Å². The van der Waals surface area contributed by atoms with Crippen LogP contribution >= 0.6 is 0 Å². The van der Waals surface area contributed by atoms with E-state index in [0.717, 1.165) is 43.6 Å². The molecule has 1 aliphatic carbocycles. The molecule has 21 heavy (non-hydrogen) atoms. The summed E-state index contributed by atoms with van der Waals surface area (Å²) in [5.41, 5.74) is 2.52. The molecule has 1 N–H and O–H groups in total. The number of nitrogens with one attached hydrogen (secondary N) is 1. The van der Waals surface area contributed by atoms with Gasteiger partial charge < -0.3 is 5.32 Å². The predicted octanol–water partition coefficient (Wildman–Crippen LogP) is 3.14.